The van der Waals surface area contributed by atoms with E-state index in [1.54, 1.807) is 24.4 Å². The van der Waals surface area contributed by atoms with Crippen LogP contribution in [0.4, 0.5) is 23.2 Å². The number of aromatic nitrogens is 2. The fraction of sp³-hybridized carbons (Fsp3) is 0.404. The molecule has 4 N–H and O–H groups in total. The molecule has 4 aliphatic rings. The van der Waals surface area contributed by atoms with Gasteiger partial charge in [-0.25, -0.2) is 27.7 Å². The molecule has 3 aromatic carbocycles. The van der Waals surface area contributed by atoms with Crippen LogP contribution in [0.1, 0.15) is 102 Å². The van der Waals surface area contributed by atoms with Crippen molar-refractivity contribution >= 4 is 44.5 Å². The number of hydrogen-bond acceptors (Lipinski definition) is 8. The molecule has 336 valence electrons. The first kappa shape index (κ1) is 43.7. The molecule has 6 heterocycles. The Morgan fingerprint density at radius 1 is 0.828 bits per heavy atom. The van der Waals surface area contributed by atoms with Gasteiger partial charge in [0.1, 0.15) is 29.3 Å². The van der Waals surface area contributed by atoms with Crippen molar-refractivity contribution in [3.05, 3.63) is 118 Å². The van der Waals surface area contributed by atoms with Crippen molar-refractivity contribution in [2.45, 2.75) is 75.4 Å². The van der Waals surface area contributed by atoms with Crippen molar-refractivity contribution in [2.75, 3.05) is 44.2 Å². The molecule has 2 aromatic heterocycles. The van der Waals surface area contributed by atoms with Crippen molar-refractivity contribution in [1.29, 1.82) is 0 Å². The summed E-state index contributed by atoms with van der Waals surface area (Å²) < 4.78 is 86.3. The van der Waals surface area contributed by atoms with Crippen LogP contribution in [0.2, 0.25) is 0 Å². The van der Waals surface area contributed by atoms with Gasteiger partial charge in [0.25, 0.3) is 10.2 Å². The number of nitrogens with zero attached hydrogens (tertiary/aromatic N) is 4. The van der Waals surface area contributed by atoms with Gasteiger partial charge < -0.3 is 14.8 Å². The number of carbonyl (C=O) groups excluding carboxylic acids is 3. The zero-order valence-electron chi connectivity index (χ0n) is 35.0. The highest BCUT2D eigenvalue weighted by Gasteiger charge is 2.43. The summed E-state index contributed by atoms with van der Waals surface area (Å²) in [5.41, 5.74) is 2.76. The molecule has 0 spiro atoms. The Hall–Kier alpha value is -5.49. The summed E-state index contributed by atoms with van der Waals surface area (Å²) in [6, 6.07) is 15.1. The second-order valence-electron chi connectivity index (χ2n) is 17.5. The van der Waals surface area contributed by atoms with Gasteiger partial charge in [0.05, 0.1) is 17.5 Å². The van der Waals surface area contributed by atoms with E-state index in [4.69, 9.17) is 5.14 Å². The third-order valence-corrected chi connectivity index (χ3v) is 14.8. The number of ketones is 1. The Kier molecular flexibility index (Phi) is 12.2. The molecular formula is C47H49F4N7O5S. The van der Waals surface area contributed by atoms with Crippen LogP contribution in [0.25, 0.3) is 22.2 Å². The molecular weight excluding hydrogens is 851 g/mol. The fourth-order valence-corrected chi connectivity index (χ4v) is 11.0. The summed E-state index contributed by atoms with van der Waals surface area (Å²) in [7, 11) is -4.41. The van der Waals surface area contributed by atoms with Crippen molar-refractivity contribution in [3.63, 3.8) is 0 Å². The minimum atomic E-state index is -4.41. The lowest BCUT2D eigenvalue weighted by atomic mass is 9.85. The van der Waals surface area contributed by atoms with Crippen LogP contribution in [-0.2, 0) is 19.8 Å². The lowest BCUT2D eigenvalue weighted by Crippen LogP contribution is -2.39. The average Bonchev–Trinajstić information content (AvgIpc) is 3.90. The normalized spacial score (nSPS) is 22.1. The lowest BCUT2D eigenvalue weighted by molar-refractivity contribution is -0.134. The number of likely N-dealkylation sites (tertiary alicyclic amines) is 1. The van der Waals surface area contributed by atoms with Gasteiger partial charge >= 0.3 is 0 Å². The number of rotatable bonds is 11. The number of nitrogens with one attached hydrogen (secondary N) is 2. The van der Waals surface area contributed by atoms with E-state index in [0.717, 1.165) is 93.8 Å². The molecule has 4 fully saturated rings. The minimum absolute atomic E-state index is 0.0536. The Bertz CT molecular complexity index is 2720. The van der Waals surface area contributed by atoms with E-state index >= 15 is 13.2 Å². The van der Waals surface area contributed by atoms with E-state index in [0.29, 0.717) is 38.8 Å². The van der Waals surface area contributed by atoms with Crippen LogP contribution in [-0.4, -0.2) is 90.6 Å². The molecule has 2 amide bonds. The molecule has 3 unspecified atom stereocenters. The molecule has 64 heavy (non-hydrogen) atoms. The van der Waals surface area contributed by atoms with Crippen LogP contribution >= 0.6 is 0 Å². The van der Waals surface area contributed by atoms with Gasteiger partial charge in [-0.15, -0.1) is 0 Å². The minimum Gasteiger partial charge on any atom is -0.372 e. The number of imide groups is 1. The molecule has 0 aliphatic carbocycles. The van der Waals surface area contributed by atoms with Gasteiger partial charge in [-0.2, -0.15) is 12.7 Å². The van der Waals surface area contributed by atoms with Crippen molar-refractivity contribution in [1.82, 2.24) is 24.5 Å². The molecule has 4 saturated heterocycles. The standard InChI is InChI=1S/C47H49F4N7O5S/c48-38-9-7-35(44-39(49)16-22-58(44)64(52,62)63)43(51)42(38)45(60)37-26-54-46-36(37)23-31(25-53-46)28-1-4-32(5-2-28)57-20-12-27(13-21-57)11-17-56-18-14-29(15-19-56)30-3-6-33(40(50)24-30)34-8-10-41(59)55-47(34)61/h1-7,9,23-27,29,34,39,44H,8,10-22H2,(H,53,54)(H2,52,62,63)(H,55,59,61). The zero-order valence-corrected chi connectivity index (χ0v) is 35.9. The van der Waals surface area contributed by atoms with E-state index in [1.165, 1.54) is 6.20 Å². The Morgan fingerprint density at radius 3 is 2.27 bits per heavy atom. The largest absolute Gasteiger partial charge is 0.372 e. The van der Waals surface area contributed by atoms with Gasteiger partial charge in [0, 0.05) is 71.8 Å². The summed E-state index contributed by atoms with van der Waals surface area (Å²) in [5.74, 6) is -4.41. The highest BCUT2D eigenvalue weighted by Crippen LogP contribution is 2.40. The number of benzene rings is 3. The fourth-order valence-electron chi connectivity index (χ4n) is 10.1. The highest BCUT2D eigenvalue weighted by atomic mass is 32.2. The number of H-pyrrole nitrogens is 1. The number of halogens is 4. The van der Waals surface area contributed by atoms with E-state index in [9.17, 15) is 27.2 Å². The molecule has 4 aliphatic heterocycles. The Balaban J connectivity index is 0.785. The number of piperidine rings is 3. The lowest BCUT2D eigenvalue weighted by Gasteiger charge is -2.36. The molecule has 5 aromatic rings. The van der Waals surface area contributed by atoms with Gasteiger partial charge in [0.2, 0.25) is 17.6 Å². The first-order valence-corrected chi connectivity index (χ1v) is 23.4. The molecule has 0 saturated carbocycles. The summed E-state index contributed by atoms with van der Waals surface area (Å²) in [6.07, 6.45) is 6.62. The molecule has 17 heteroatoms. The van der Waals surface area contributed by atoms with Crippen LogP contribution in [0, 0.1) is 23.4 Å². The SMILES string of the molecule is NS(=O)(=O)N1CCC(F)C1c1ccc(F)c(C(=O)c2c[nH]c3ncc(-c4ccc(N5CCC(CCN6CCC(c7ccc(C8CCC(=O)NC8=O)c(F)c7)CC6)CC5)cc4)cc23)c1F. The second kappa shape index (κ2) is 17.8. The summed E-state index contributed by atoms with van der Waals surface area (Å²) in [4.78, 5) is 49.9. The highest BCUT2D eigenvalue weighted by molar-refractivity contribution is 7.86. The maximum atomic E-state index is 16.0. The Morgan fingerprint density at radius 2 is 1.56 bits per heavy atom. The quantitative estimate of drug-likeness (QED) is 0.0715. The predicted molar refractivity (Wildman–Crippen MR) is 233 cm³/mol. The molecule has 3 atom stereocenters. The Labute approximate surface area is 368 Å². The summed E-state index contributed by atoms with van der Waals surface area (Å²) >= 11 is 0. The van der Waals surface area contributed by atoms with Gasteiger partial charge in [-0.05, 0) is 118 Å². The van der Waals surface area contributed by atoms with Crippen LogP contribution in [0.5, 0.6) is 0 Å². The molecule has 0 bridgehead atoms. The number of alkyl halides is 1. The second-order valence-corrected chi connectivity index (χ2v) is 19.0. The molecule has 12 nitrogen and oxygen atoms in total. The number of anilines is 1. The number of fused-ring (bicyclic) bond motifs is 1. The van der Waals surface area contributed by atoms with Crippen LogP contribution < -0.4 is 15.4 Å². The smallest absolute Gasteiger partial charge is 0.277 e. The number of pyridine rings is 1. The number of hydrogen-bond donors (Lipinski definition) is 3. The topological polar surface area (TPSA) is 162 Å². The predicted octanol–water partition coefficient (Wildman–Crippen LogP) is 7.17. The van der Waals surface area contributed by atoms with Crippen LogP contribution in [0.15, 0.2) is 73.1 Å². The number of aromatic amines is 1. The zero-order chi connectivity index (χ0) is 44.9. The van der Waals surface area contributed by atoms with E-state index in [2.05, 4.69) is 25.1 Å². The van der Waals surface area contributed by atoms with Gasteiger partial charge in [-0.1, -0.05) is 30.3 Å². The maximum absolute atomic E-state index is 16.0. The van der Waals surface area contributed by atoms with Crippen molar-refractivity contribution < 1.29 is 40.4 Å². The van der Waals surface area contributed by atoms with Gasteiger partial charge in [-0.3, -0.25) is 19.7 Å². The number of nitrogens with two attached hydrogens (primary N) is 1. The summed E-state index contributed by atoms with van der Waals surface area (Å²) in [5, 5.41) is 7.91. The van der Waals surface area contributed by atoms with E-state index in [-0.39, 0.29) is 42.6 Å². The molecule has 0 radical (unpaired) electrons. The first-order chi connectivity index (χ1) is 30.7. The molecule has 9 rings (SSSR count). The maximum Gasteiger partial charge on any atom is 0.277 e. The first-order valence-electron chi connectivity index (χ1n) is 21.9. The van der Waals surface area contributed by atoms with Crippen molar-refractivity contribution in [3.8, 4) is 11.1 Å². The van der Waals surface area contributed by atoms with E-state index in [1.807, 2.05) is 30.3 Å². The van der Waals surface area contributed by atoms with Crippen LogP contribution in [0.3, 0.4) is 0 Å². The van der Waals surface area contributed by atoms with E-state index < -0.39 is 62.8 Å². The third-order valence-electron chi connectivity index (χ3n) is 13.8. The summed E-state index contributed by atoms with van der Waals surface area (Å²) in [6.45, 7) is 4.50. The third kappa shape index (κ3) is 8.70. The van der Waals surface area contributed by atoms with Crippen molar-refractivity contribution in [2.24, 2.45) is 11.1 Å². The number of amides is 2. The van der Waals surface area contributed by atoms with Gasteiger partial charge in [0.15, 0.2) is 0 Å². The monoisotopic (exact) mass is 899 g/mol. The average molecular weight is 900 g/mol. The number of carbonyl (C=O) groups is 3.